The van der Waals surface area contributed by atoms with E-state index < -0.39 is 0 Å². The summed E-state index contributed by atoms with van der Waals surface area (Å²) in [5.74, 6) is 0.664. The van der Waals surface area contributed by atoms with E-state index in [0.29, 0.717) is 23.1 Å². The Balaban J connectivity index is 2.91. The quantitative estimate of drug-likeness (QED) is 0.877. The molecule has 0 radical (unpaired) electrons. The van der Waals surface area contributed by atoms with Crippen molar-refractivity contribution in [2.75, 3.05) is 27.8 Å². The molecule has 0 fully saturated rings. The first kappa shape index (κ1) is 14.6. The summed E-state index contributed by atoms with van der Waals surface area (Å²) in [5.41, 5.74) is 6.37. The molecule has 0 saturated carbocycles. The Hall–Kier alpha value is -1.46. The maximum atomic E-state index is 11.4. The van der Waals surface area contributed by atoms with Crippen LogP contribution >= 0.6 is 11.6 Å². The molecule has 0 aromatic heterocycles. The maximum Gasteiger partial charge on any atom is 0.259 e. The monoisotopic (exact) mass is 272 g/mol. The van der Waals surface area contributed by atoms with Gasteiger partial charge in [-0.2, -0.15) is 0 Å². The predicted octanol–water partition coefficient (Wildman–Crippen LogP) is 1.27. The third-order valence-corrected chi connectivity index (χ3v) is 2.64. The Morgan fingerprint density at radius 2 is 2.11 bits per heavy atom. The molecule has 0 aliphatic carbocycles. The maximum absolute atomic E-state index is 11.4. The standard InChI is InChI=1S/C12H17ClN2O3/c1-15(2)11(16)7-18-12-9(13)4-8(6-14)5-10(12)17-3/h4-5H,6-7,14H2,1-3H3. The lowest BCUT2D eigenvalue weighted by Crippen LogP contribution is -2.27. The molecule has 6 heteroatoms. The van der Waals surface area contributed by atoms with Crippen LogP contribution in [0.25, 0.3) is 0 Å². The molecular formula is C12H17ClN2O3. The SMILES string of the molecule is COc1cc(CN)cc(Cl)c1OCC(=O)N(C)C. The zero-order valence-electron chi connectivity index (χ0n) is 10.7. The summed E-state index contributed by atoms with van der Waals surface area (Å²) < 4.78 is 10.6. The molecule has 1 amide bonds. The molecule has 5 nitrogen and oxygen atoms in total. The summed E-state index contributed by atoms with van der Waals surface area (Å²) in [6.07, 6.45) is 0. The first-order valence-electron chi connectivity index (χ1n) is 5.39. The van der Waals surface area contributed by atoms with Gasteiger partial charge in [0.2, 0.25) is 0 Å². The van der Waals surface area contributed by atoms with Crippen molar-refractivity contribution in [3.8, 4) is 11.5 Å². The highest BCUT2D eigenvalue weighted by Crippen LogP contribution is 2.36. The topological polar surface area (TPSA) is 64.8 Å². The van der Waals surface area contributed by atoms with Gasteiger partial charge in [-0.15, -0.1) is 0 Å². The van der Waals surface area contributed by atoms with Gasteiger partial charge in [0.15, 0.2) is 18.1 Å². The number of methoxy groups -OCH3 is 1. The van der Waals surface area contributed by atoms with Crippen LogP contribution in [0, 0.1) is 0 Å². The van der Waals surface area contributed by atoms with Gasteiger partial charge in [-0.25, -0.2) is 0 Å². The number of nitrogens with two attached hydrogens (primary N) is 1. The van der Waals surface area contributed by atoms with Gasteiger partial charge in [0.05, 0.1) is 12.1 Å². The number of rotatable bonds is 5. The van der Waals surface area contributed by atoms with E-state index in [-0.39, 0.29) is 12.5 Å². The number of halogens is 1. The molecule has 0 spiro atoms. The van der Waals surface area contributed by atoms with Crippen molar-refractivity contribution < 1.29 is 14.3 Å². The van der Waals surface area contributed by atoms with Crippen molar-refractivity contribution >= 4 is 17.5 Å². The summed E-state index contributed by atoms with van der Waals surface area (Å²) in [7, 11) is 4.82. The number of carbonyl (C=O) groups is 1. The Morgan fingerprint density at radius 3 is 2.61 bits per heavy atom. The van der Waals surface area contributed by atoms with Gasteiger partial charge in [-0.05, 0) is 17.7 Å². The van der Waals surface area contributed by atoms with E-state index in [1.807, 2.05) is 0 Å². The second-order valence-electron chi connectivity index (χ2n) is 3.89. The lowest BCUT2D eigenvalue weighted by Gasteiger charge is -2.15. The molecule has 2 N–H and O–H groups in total. The zero-order chi connectivity index (χ0) is 13.7. The number of amides is 1. The van der Waals surface area contributed by atoms with Crippen LogP contribution < -0.4 is 15.2 Å². The average Bonchev–Trinajstić information content (AvgIpc) is 2.35. The summed E-state index contributed by atoms with van der Waals surface area (Å²) >= 11 is 6.07. The highest BCUT2D eigenvalue weighted by Gasteiger charge is 2.14. The van der Waals surface area contributed by atoms with Crippen LogP contribution in [-0.4, -0.2) is 38.6 Å². The van der Waals surface area contributed by atoms with E-state index in [9.17, 15) is 4.79 Å². The molecular weight excluding hydrogens is 256 g/mol. The van der Waals surface area contributed by atoms with Crippen LogP contribution in [0.15, 0.2) is 12.1 Å². The lowest BCUT2D eigenvalue weighted by molar-refractivity contribution is -0.130. The Morgan fingerprint density at radius 1 is 1.44 bits per heavy atom. The molecule has 0 aliphatic heterocycles. The van der Waals surface area contributed by atoms with Gasteiger partial charge in [0.25, 0.3) is 5.91 Å². The number of benzene rings is 1. The molecule has 0 unspecified atom stereocenters. The largest absolute Gasteiger partial charge is 0.493 e. The van der Waals surface area contributed by atoms with E-state index in [0.717, 1.165) is 5.56 Å². The van der Waals surface area contributed by atoms with Crippen LogP contribution in [-0.2, 0) is 11.3 Å². The molecule has 0 atom stereocenters. The molecule has 100 valence electrons. The Bertz CT molecular complexity index is 436. The first-order chi connectivity index (χ1) is 8.49. The van der Waals surface area contributed by atoms with Crippen LogP contribution in [0.3, 0.4) is 0 Å². The summed E-state index contributed by atoms with van der Waals surface area (Å²) in [6.45, 7) is 0.262. The second kappa shape index (κ2) is 6.47. The van der Waals surface area contributed by atoms with Crippen molar-refractivity contribution in [3.63, 3.8) is 0 Å². The number of hydrogen-bond acceptors (Lipinski definition) is 4. The molecule has 1 aromatic rings. The smallest absolute Gasteiger partial charge is 0.259 e. The van der Waals surface area contributed by atoms with E-state index in [4.69, 9.17) is 26.8 Å². The van der Waals surface area contributed by atoms with Crippen molar-refractivity contribution in [3.05, 3.63) is 22.7 Å². The number of ether oxygens (including phenoxy) is 2. The normalized spacial score (nSPS) is 10.1. The van der Waals surface area contributed by atoms with Gasteiger partial charge in [0, 0.05) is 20.6 Å². The fourth-order valence-electron chi connectivity index (χ4n) is 1.29. The molecule has 18 heavy (non-hydrogen) atoms. The zero-order valence-corrected chi connectivity index (χ0v) is 11.5. The number of nitrogens with zero attached hydrogens (tertiary/aromatic N) is 1. The highest BCUT2D eigenvalue weighted by molar-refractivity contribution is 6.32. The van der Waals surface area contributed by atoms with E-state index >= 15 is 0 Å². The minimum absolute atomic E-state index is 0.0922. The van der Waals surface area contributed by atoms with Crippen molar-refractivity contribution in [1.29, 1.82) is 0 Å². The third-order valence-electron chi connectivity index (χ3n) is 2.36. The molecule has 1 aromatic carbocycles. The number of likely N-dealkylation sites (N-methyl/N-ethyl adjacent to an activating group) is 1. The first-order valence-corrected chi connectivity index (χ1v) is 5.76. The number of carbonyl (C=O) groups excluding carboxylic acids is 1. The van der Waals surface area contributed by atoms with Crippen LogP contribution in [0.4, 0.5) is 0 Å². The fourth-order valence-corrected chi connectivity index (χ4v) is 1.58. The summed E-state index contributed by atoms with van der Waals surface area (Å²) in [5, 5.41) is 0.376. The Labute approximate surface area is 111 Å². The predicted molar refractivity (Wildman–Crippen MR) is 70.1 cm³/mol. The molecule has 0 aliphatic rings. The molecule has 1 rings (SSSR count). The highest BCUT2D eigenvalue weighted by atomic mass is 35.5. The molecule has 0 bridgehead atoms. The van der Waals surface area contributed by atoms with Gasteiger partial charge in [-0.3, -0.25) is 4.79 Å². The summed E-state index contributed by atoms with van der Waals surface area (Å²) in [4.78, 5) is 12.9. The molecule has 0 heterocycles. The molecule has 0 saturated heterocycles. The van der Waals surface area contributed by atoms with E-state index in [2.05, 4.69) is 0 Å². The lowest BCUT2D eigenvalue weighted by atomic mass is 10.2. The minimum Gasteiger partial charge on any atom is -0.493 e. The van der Waals surface area contributed by atoms with E-state index in [1.54, 1.807) is 26.2 Å². The minimum atomic E-state index is -0.156. The van der Waals surface area contributed by atoms with Crippen molar-refractivity contribution in [2.45, 2.75) is 6.54 Å². The average molecular weight is 273 g/mol. The summed E-state index contributed by atoms with van der Waals surface area (Å²) in [6, 6.07) is 3.43. The second-order valence-corrected chi connectivity index (χ2v) is 4.30. The fraction of sp³-hybridized carbons (Fsp3) is 0.417. The van der Waals surface area contributed by atoms with Gasteiger partial charge < -0.3 is 20.1 Å². The van der Waals surface area contributed by atoms with Crippen LogP contribution in [0.1, 0.15) is 5.56 Å². The third kappa shape index (κ3) is 3.51. The van der Waals surface area contributed by atoms with E-state index in [1.165, 1.54) is 12.0 Å². The van der Waals surface area contributed by atoms with Gasteiger partial charge in [-0.1, -0.05) is 11.6 Å². The van der Waals surface area contributed by atoms with Crippen LogP contribution in [0.2, 0.25) is 5.02 Å². The van der Waals surface area contributed by atoms with Crippen molar-refractivity contribution in [1.82, 2.24) is 4.90 Å². The Kier molecular flexibility index (Phi) is 5.25. The van der Waals surface area contributed by atoms with Gasteiger partial charge in [0.1, 0.15) is 0 Å². The number of hydrogen-bond donors (Lipinski definition) is 1. The van der Waals surface area contributed by atoms with Crippen LogP contribution in [0.5, 0.6) is 11.5 Å². The van der Waals surface area contributed by atoms with Gasteiger partial charge >= 0.3 is 0 Å². The van der Waals surface area contributed by atoms with Crippen molar-refractivity contribution in [2.24, 2.45) is 5.73 Å².